The number of carbonyl (C=O) groups excluding carboxylic acids is 2. The Morgan fingerprint density at radius 3 is 1.65 bits per heavy atom. The van der Waals surface area contributed by atoms with Gasteiger partial charge in [0, 0.05) is 24.4 Å². The van der Waals surface area contributed by atoms with Crippen LogP contribution in [0.1, 0.15) is 36.8 Å². The fourth-order valence-corrected chi connectivity index (χ4v) is 5.68. The first-order chi connectivity index (χ1) is 23.8. The smallest absolute Gasteiger partial charge is 0.236 e. The van der Waals surface area contributed by atoms with Crippen molar-refractivity contribution in [3.63, 3.8) is 0 Å². The molecule has 0 atom stereocenters. The molecule has 2 aromatic carbocycles. The van der Waals surface area contributed by atoms with Gasteiger partial charge in [0.25, 0.3) is 0 Å². The highest BCUT2D eigenvalue weighted by atomic mass is 19.1. The second-order valence-electron chi connectivity index (χ2n) is 11.9. The number of nitrogens with one attached hydrogen (secondary N) is 2. The number of halogens is 3. The first kappa shape index (κ1) is 31.5. The minimum absolute atomic E-state index is 0.0590. The van der Waals surface area contributed by atoms with Gasteiger partial charge in [-0.1, -0.05) is 60.7 Å². The van der Waals surface area contributed by atoms with Crippen LogP contribution in [0.25, 0.3) is 11.4 Å². The number of benzene rings is 2. The monoisotopic (exact) mass is 662 g/mol. The molecule has 4 heterocycles. The van der Waals surface area contributed by atoms with E-state index >= 15 is 0 Å². The number of hydrogen-bond donors (Lipinski definition) is 2. The minimum atomic E-state index is -0.693. The summed E-state index contributed by atoms with van der Waals surface area (Å²) in [7, 11) is 0. The summed E-state index contributed by atoms with van der Waals surface area (Å²) in [5.74, 6) is -1.78. The Hall–Kier alpha value is -6.11. The molecule has 13 heteroatoms. The van der Waals surface area contributed by atoms with Crippen LogP contribution in [-0.4, -0.2) is 41.3 Å². The van der Waals surface area contributed by atoms with Crippen LogP contribution in [0.3, 0.4) is 0 Å². The molecule has 2 N–H and O–H groups in total. The molecule has 49 heavy (non-hydrogen) atoms. The fraction of sp³-hybridized carbons (Fsp3) is 0.167. The summed E-state index contributed by atoms with van der Waals surface area (Å²) in [6.45, 7) is 0. The number of rotatable bonds is 8. The topological polar surface area (TPSA) is 120 Å². The Kier molecular flexibility index (Phi) is 8.24. The van der Waals surface area contributed by atoms with E-state index in [1.165, 1.54) is 29.2 Å². The van der Waals surface area contributed by atoms with Crippen LogP contribution in [0.15, 0.2) is 116 Å². The van der Waals surface area contributed by atoms with E-state index in [-0.39, 0.29) is 23.3 Å². The zero-order chi connectivity index (χ0) is 34.0. The third-order valence-electron chi connectivity index (χ3n) is 8.66. The van der Waals surface area contributed by atoms with Crippen LogP contribution in [0.4, 0.5) is 24.8 Å². The number of aromatic nitrogens is 6. The first-order valence-electron chi connectivity index (χ1n) is 15.5. The summed E-state index contributed by atoms with van der Waals surface area (Å²) in [5, 5.41) is 13.7. The molecule has 0 saturated heterocycles. The Balaban J connectivity index is 0.000000154. The number of carbonyl (C=O) groups is 2. The Morgan fingerprint density at radius 1 is 0.633 bits per heavy atom. The predicted molar refractivity (Wildman–Crippen MR) is 175 cm³/mol. The second-order valence-corrected chi connectivity index (χ2v) is 11.9. The van der Waals surface area contributed by atoms with Crippen molar-refractivity contribution in [2.75, 3.05) is 10.6 Å². The number of amides is 2. The highest BCUT2D eigenvalue weighted by molar-refractivity contribution is 6.01. The van der Waals surface area contributed by atoms with Crippen molar-refractivity contribution in [3.05, 3.63) is 145 Å². The van der Waals surface area contributed by atoms with Gasteiger partial charge in [-0.2, -0.15) is 5.10 Å². The summed E-state index contributed by atoms with van der Waals surface area (Å²) in [6.07, 6.45) is 10.9. The van der Waals surface area contributed by atoms with Gasteiger partial charge in [0.05, 0.1) is 53.2 Å². The fourth-order valence-electron chi connectivity index (χ4n) is 5.68. The maximum Gasteiger partial charge on any atom is 0.236 e. The molecule has 0 aliphatic heterocycles. The molecular weight excluding hydrogens is 633 g/mol. The number of hydrogen-bond acceptors (Lipinski definition) is 6. The highest BCUT2D eigenvalue weighted by Gasteiger charge is 2.52. The Bertz CT molecular complexity index is 2130. The van der Waals surface area contributed by atoms with Gasteiger partial charge in [-0.25, -0.2) is 22.5 Å². The van der Waals surface area contributed by atoms with Gasteiger partial charge in [0.15, 0.2) is 17.5 Å². The van der Waals surface area contributed by atoms with E-state index < -0.39 is 28.3 Å². The predicted octanol–water partition coefficient (Wildman–Crippen LogP) is 6.29. The maximum absolute atomic E-state index is 14.2. The third kappa shape index (κ3) is 6.55. The van der Waals surface area contributed by atoms with Gasteiger partial charge < -0.3 is 10.6 Å². The molecule has 2 aliphatic rings. The van der Waals surface area contributed by atoms with Crippen LogP contribution >= 0.6 is 0 Å². The van der Waals surface area contributed by atoms with Crippen LogP contribution in [0, 0.1) is 17.5 Å². The largest absolute Gasteiger partial charge is 0.308 e. The first-order valence-corrected chi connectivity index (χ1v) is 15.5. The zero-order valence-corrected chi connectivity index (χ0v) is 25.9. The Labute approximate surface area is 278 Å². The van der Waals surface area contributed by atoms with Crippen molar-refractivity contribution in [2.24, 2.45) is 0 Å². The van der Waals surface area contributed by atoms with E-state index in [9.17, 15) is 22.8 Å². The molecule has 6 aromatic rings. The summed E-state index contributed by atoms with van der Waals surface area (Å²) in [6, 6.07) is 23.4. The lowest BCUT2D eigenvalue weighted by molar-refractivity contribution is -0.119. The van der Waals surface area contributed by atoms with E-state index in [2.05, 4.69) is 30.8 Å². The van der Waals surface area contributed by atoms with Crippen molar-refractivity contribution in [1.82, 2.24) is 29.5 Å². The summed E-state index contributed by atoms with van der Waals surface area (Å²) in [5.41, 5.74) is 1.62. The molecule has 246 valence electrons. The lowest BCUT2D eigenvalue weighted by Crippen LogP contribution is -2.28. The van der Waals surface area contributed by atoms with Gasteiger partial charge in [0.1, 0.15) is 11.6 Å². The molecule has 2 fully saturated rings. The van der Waals surface area contributed by atoms with Gasteiger partial charge in [-0.05, 0) is 36.8 Å². The molecule has 0 bridgehead atoms. The van der Waals surface area contributed by atoms with Gasteiger partial charge >= 0.3 is 0 Å². The van der Waals surface area contributed by atoms with Crippen molar-refractivity contribution in [2.45, 2.75) is 36.5 Å². The lowest BCUT2D eigenvalue weighted by Gasteiger charge is -2.14. The third-order valence-corrected chi connectivity index (χ3v) is 8.66. The van der Waals surface area contributed by atoms with E-state index in [1.54, 1.807) is 12.3 Å². The summed E-state index contributed by atoms with van der Waals surface area (Å²) >= 11 is 0. The van der Waals surface area contributed by atoms with Crippen molar-refractivity contribution in [3.8, 4) is 11.4 Å². The van der Waals surface area contributed by atoms with Gasteiger partial charge in [0.2, 0.25) is 11.8 Å². The van der Waals surface area contributed by atoms with Crippen LogP contribution < -0.4 is 10.6 Å². The number of anilines is 2. The van der Waals surface area contributed by atoms with E-state index in [4.69, 9.17) is 0 Å². The molecule has 4 aromatic heterocycles. The van der Waals surface area contributed by atoms with E-state index in [1.807, 2.05) is 60.7 Å². The average molecular weight is 663 g/mol. The summed E-state index contributed by atoms with van der Waals surface area (Å²) in [4.78, 5) is 32.8. The number of nitrogens with zero attached hydrogens (tertiary/aromatic N) is 6. The average Bonchev–Trinajstić information content (AvgIpc) is 4.03. The molecular formula is C36H29F3N8O2. The molecule has 2 saturated carbocycles. The van der Waals surface area contributed by atoms with E-state index in [0.29, 0.717) is 24.3 Å². The van der Waals surface area contributed by atoms with Crippen molar-refractivity contribution >= 4 is 23.5 Å². The van der Waals surface area contributed by atoms with Crippen LogP contribution in [0.5, 0.6) is 0 Å². The highest BCUT2D eigenvalue weighted by Crippen LogP contribution is 2.49. The van der Waals surface area contributed by atoms with Gasteiger partial charge in [-0.3, -0.25) is 19.6 Å². The maximum atomic E-state index is 14.2. The van der Waals surface area contributed by atoms with E-state index in [0.717, 1.165) is 47.2 Å². The molecule has 0 radical (unpaired) electrons. The molecule has 10 nitrogen and oxygen atoms in total. The Morgan fingerprint density at radius 2 is 1.14 bits per heavy atom. The standard InChI is InChI=1S/C18H14F2N4O.C18H15FN4O/c19-13-8-14(10-21-9-13)24-11-15(20)16(23-24)22-17(25)18(6-7-18)12-4-2-1-3-5-12;19-14-10-15(12-20-11-14)23-9-6-16(22-23)21-17(24)18(7-8-18)13-4-2-1-3-5-13/h1-5,8-11H,6-7H2,(H,22,23,25);1-6,9-12H,7-8H2,(H,21,22,24). The SMILES string of the molecule is O=C(Nc1ccn(-c2cncc(F)c2)n1)C1(c2ccccc2)CC1.O=C(Nc1nn(-c2cncc(F)c2)cc1F)C1(c2ccccc2)CC1. The quantitative estimate of drug-likeness (QED) is 0.198. The molecule has 8 rings (SSSR count). The molecule has 0 unspecified atom stereocenters. The van der Waals surface area contributed by atoms with Gasteiger partial charge in [-0.15, -0.1) is 5.10 Å². The minimum Gasteiger partial charge on any atom is -0.308 e. The van der Waals surface area contributed by atoms with Crippen molar-refractivity contribution < 1.29 is 22.8 Å². The number of pyridine rings is 2. The second kappa shape index (κ2) is 12.8. The normalized spacial score (nSPS) is 15.0. The molecule has 2 amide bonds. The summed E-state index contributed by atoms with van der Waals surface area (Å²) < 4.78 is 43.3. The molecule has 0 spiro atoms. The zero-order valence-electron chi connectivity index (χ0n) is 25.9. The van der Waals surface area contributed by atoms with Crippen molar-refractivity contribution in [1.29, 1.82) is 0 Å². The van der Waals surface area contributed by atoms with Crippen LogP contribution in [-0.2, 0) is 20.4 Å². The van der Waals surface area contributed by atoms with Crippen LogP contribution in [0.2, 0.25) is 0 Å². The molecule has 2 aliphatic carbocycles. The lowest BCUT2D eigenvalue weighted by atomic mass is 9.95.